The van der Waals surface area contributed by atoms with Crippen LogP contribution in [-0.4, -0.2) is 29.4 Å². The van der Waals surface area contributed by atoms with E-state index in [1.807, 2.05) is 20.8 Å². The minimum atomic E-state index is -1.13. The van der Waals surface area contributed by atoms with E-state index in [0.717, 1.165) is 24.0 Å². The van der Waals surface area contributed by atoms with Gasteiger partial charge in [0, 0.05) is 6.42 Å². The van der Waals surface area contributed by atoms with Crippen LogP contribution in [0.1, 0.15) is 58.0 Å². The number of aryl methyl sites for hydroxylation is 2. The SMILES string of the molecule is CCCCC(=O)c1cc(C)c(C)cc1OCC(=O)Nc1ccccc1C(=O)O. The zero-order chi connectivity index (χ0) is 20.7. The van der Waals surface area contributed by atoms with Gasteiger partial charge in [-0.05, 0) is 55.7 Å². The van der Waals surface area contributed by atoms with Crippen molar-refractivity contribution in [1.29, 1.82) is 0 Å². The van der Waals surface area contributed by atoms with Gasteiger partial charge in [0.05, 0.1) is 16.8 Å². The van der Waals surface area contributed by atoms with Gasteiger partial charge in [0.1, 0.15) is 5.75 Å². The summed E-state index contributed by atoms with van der Waals surface area (Å²) in [7, 11) is 0. The van der Waals surface area contributed by atoms with Gasteiger partial charge in [-0.1, -0.05) is 25.5 Å². The third kappa shape index (κ3) is 5.42. The number of aromatic carboxylic acids is 1. The average molecular weight is 383 g/mol. The van der Waals surface area contributed by atoms with Gasteiger partial charge >= 0.3 is 5.97 Å². The van der Waals surface area contributed by atoms with Crippen LogP contribution in [0.3, 0.4) is 0 Å². The molecule has 0 aliphatic heterocycles. The zero-order valence-electron chi connectivity index (χ0n) is 16.4. The normalized spacial score (nSPS) is 10.4. The molecule has 2 N–H and O–H groups in total. The summed E-state index contributed by atoms with van der Waals surface area (Å²) < 4.78 is 5.63. The van der Waals surface area contributed by atoms with Gasteiger partial charge in [0.15, 0.2) is 12.4 Å². The number of amides is 1. The van der Waals surface area contributed by atoms with Crippen molar-refractivity contribution in [2.24, 2.45) is 0 Å². The standard InChI is InChI=1S/C22H25NO5/c1-4-5-10-19(24)17-11-14(2)15(3)12-20(17)28-13-21(25)23-18-9-7-6-8-16(18)22(26)27/h6-9,11-12H,4-5,10,13H2,1-3H3,(H,23,25)(H,26,27). The van der Waals surface area contributed by atoms with Crippen LogP contribution in [0.5, 0.6) is 5.75 Å². The Labute approximate surface area is 164 Å². The van der Waals surface area contributed by atoms with Crippen molar-refractivity contribution >= 4 is 23.3 Å². The van der Waals surface area contributed by atoms with E-state index >= 15 is 0 Å². The molecule has 0 bridgehead atoms. The van der Waals surface area contributed by atoms with Crippen molar-refractivity contribution < 1.29 is 24.2 Å². The fraction of sp³-hybridized carbons (Fsp3) is 0.318. The fourth-order valence-electron chi connectivity index (χ4n) is 2.71. The number of nitrogens with one attached hydrogen (secondary N) is 1. The highest BCUT2D eigenvalue weighted by Crippen LogP contribution is 2.25. The molecule has 1 amide bonds. The summed E-state index contributed by atoms with van der Waals surface area (Å²) in [6.07, 6.45) is 2.13. The maximum atomic E-state index is 12.5. The molecule has 0 saturated heterocycles. The molecular formula is C22H25NO5. The van der Waals surface area contributed by atoms with E-state index in [-0.39, 0.29) is 23.6 Å². The Kier molecular flexibility index (Phi) is 7.32. The highest BCUT2D eigenvalue weighted by Gasteiger charge is 2.16. The molecule has 0 spiro atoms. The Bertz CT molecular complexity index is 888. The van der Waals surface area contributed by atoms with Gasteiger partial charge < -0.3 is 15.2 Å². The molecule has 0 aliphatic carbocycles. The molecule has 2 rings (SSSR count). The minimum Gasteiger partial charge on any atom is -0.483 e. The topological polar surface area (TPSA) is 92.7 Å². The summed E-state index contributed by atoms with van der Waals surface area (Å²) in [5, 5.41) is 11.7. The lowest BCUT2D eigenvalue weighted by Crippen LogP contribution is -2.22. The highest BCUT2D eigenvalue weighted by atomic mass is 16.5. The monoisotopic (exact) mass is 383 g/mol. The van der Waals surface area contributed by atoms with Crippen LogP contribution in [0.2, 0.25) is 0 Å². The number of benzene rings is 2. The van der Waals surface area contributed by atoms with E-state index in [4.69, 9.17) is 4.74 Å². The van der Waals surface area contributed by atoms with Gasteiger partial charge in [-0.3, -0.25) is 9.59 Å². The minimum absolute atomic E-state index is 0.00235. The Morgan fingerprint density at radius 1 is 1.04 bits per heavy atom. The molecule has 2 aromatic carbocycles. The maximum absolute atomic E-state index is 12.5. The number of carboxylic acids is 1. The summed E-state index contributed by atoms with van der Waals surface area (Å²) in [6.45, 7) is 5.52. The van der Waals surface area contributed by atoms with Gasteiger partial charge in [0.25, 0.3) is 5.91 Å². The lowest BCUT2D eigenvalue weighted by Gasteiger charge is -2.14. The second kappa shape index (κ2) is 9.69. The lowest BCUT2D eigenvalue weighted by atomic mass is 9.99. The molecule has 0 fully saturated rings. The van der Waals surface area contributed by atoms with Crippen molar-refractivity contribution in [2.45, 2.75) is 40.0 Å². The first kappa shape index (κ1) is 21.2. The third-order valence-electron chi connectivity index (χ3n) is 4.44. The van der Waals surface area contributed by atoms with Crippen LogP contribution in [-0.2, 0) is 4.79 Å². The lowest BCUT2D eigenvalue weighted by molar-refractivity contribution is -0.118. The maximum Gasteiger partial charge on any atom is 0.337 e. The average Bonchev–Trinajstić information content (AvgIpc) is 2.66. The van der Waals surface area contributed by atoms with Crippen molar-refractivity contribution in [1.82, 2.24) is 0 Å². The molecule has 0 radical (unpaired) electrons. The molecule has 0 heterocycles. The Hall–Kier alpha value is -3.15. The van der Waals surface area contributed by atoms with Gasteiger partial charge in [-0.15, -0.1) is 0 Å². The molecule has 6 nitrogen and oxygen atoms in total. The summed E-state index contributed by atoms with van der Waals surface area (Å²) >= 11 is 0. The first-order valence-electron chi connectivity index (χ1n) is 9.23. The number of anilines is 1. The largest absolute Gasteiger partial charge is 0.483 e. The fourth-order valence-corrected chi connectivity index (χ4v) is 2.71. The van der Waals surface area contributed by atoms with E-state index < -0.39 is 11.9 Å². The van der Waals surface area contributed by atoms with Gasteiger partial charge in [-0.2, -0.15) is 0 Å². The highest BCUT2D eigenvalue weighted by molar-refractivity contribution is 6.01. The number of rotatable bonds is 9. The number of carbonyl (C=O) groups excluding carboxylic acids is 2. The molecular weight excluding hydrogens is 358 g/mol. The number of ether oxygens (including phenoxy) is 1. The molecule has 6 heteroatoms. The van der Waals surface area contributed by atoms with Gasteiger partial charge in [-0.25, -0.2) is 4.79 Å². The van der Waals surface area contributed by atoms with Crippen LogP contribution in [0, 0.1) is 13.8 Å². The van der Waals surface area contributed by atoms with Crippen LogP contribution < -0.4 is 10.1 Å². The summed E-state index contributed by atoms with van der Waals surface area (Å²) in [5.41, 5.74) is 2.60. The number of carbonyl (C=O) groups is 3. The van der Waals surface area contributed by atoms with E-state index in [1.54, 1.807) is 24.3 Å². The molecule has 0 saturated carbocycles. The van der Waals surface area contributed by atoms with Crippen molar-refractivity contribution in [3.63, 3.8) is 0 Å². The van der Waals surface area contributed by atoms with Crippen LogP contribution >= 0.6 is 0 Å². The number of Topliss-reactive ketones (excluding diaryl/α,β-unsaturated/α-hetero) is 1. The second-order valence-corrected chi connectivity index (χ2v) is 6.65. The number of hydrogen-bond donors (Lipinski definition) is 2. The quantitative estimate of drug-likeness (QED) is 0.627. The summed E-state index contributed by atoms with van der Waals surface area (Å²) in [5.74, 6) is -1.28. The van der Waals surface area contributed by atoms with Crippen LogP contribution in [0.25, 0.3) is 0 Å². The second-order valence-electron chi connectivity index (χ2n) is 6.65. The molecule has 0 atom stereocenters. The molecule has 0 unspecified atom stereocenters. The number of unbranched alkanes of at least 4 members (excludes halogenated alkanes) is 1. The van der Waals surface area contributed by atoms with Crippen LogP contribution in [0.4, 0.5) is 5.69 Å². The van der Waals surface area contributed by atoms with Crippen molar-refractivity contribution in [3.05, 3.63) is 58.7 Å². The first-order chi connectivity index (χ1) is 13.3. The van der Waals surface area contributed by atoms with Crippen molar-refractivity contribution in [2.75, 3.05) is 11.9 Å². The van der Waals surface area contributed by atoms with E-state index in [1.165, 1.54) is 12.1 Å². The number of ketones is 1. The molecule has 0 aromatic heterocycles. The zero-order valence-corrected chi connectivity index (χ0v) is 16.4. The smallest absolute Gasteiger partial charge is 0.337 e. The van der Waals surface area contributed by atoms with E-state index in [9.17, 15) is 19.5 Å². The number of hydrogen-bond acceptors (Lipinski definition) is 4. The molecule has 148 valence electrons. The van der Waals surface area contributed by atoms with Crippen molar-refractivity contribution in [3.8, 4) is 5.75 Å². The first-order valence-corrected chi connectivity index (χ1v) is 9.23. The van der Waals surface area contributed by atoms with E-state index in [0.29, 0.717) is 17.7 Å². The predicted molar refractivity (Wildman–Crippen MR) is 107 cm³/mol. The Balaban J connectivity index is 2.13. The Morgan fingerprint density at radius 3 is 2.39 bits per heavy atom. The molecule has 28 heavy (non-hydrogen) atoms. The number of carboxylic acid groups (broad SMARTS) is 1. The van der Waals surface area contributed by atoms with Crippen LogP contribution in [0.15, 0.2) is 36.4 Å². The molecule has 0 aliphatic rings. The molecule has 2 aromatic rings. The van der Waals surface area contributed by atoms with E-state index in [2.05, 4.69) is 5.32 Å². The predicted octanol–water partition coefficient (Wildman–Crippen LogP) is 4.39. The number of para-hydroxylation sites is 1. The third-order valence-corrected chi connectivity index (χ3v) is 4.44. The van der Waals surface area contributed by atoms with Gasteiger partial charge in [0.2, 0.25) is 0 Å². The Morgan fingerprint density at radius 2 is 1.71 bits per heavy atom. The summed E-state index contributed by atoms with van der Waals surface area (Å²) in [4.78, 5) is 36.0. The summed E-state index contributed by atoms with van der Waals surface area (Å²) in [6, 6.07) is 9.69.